The van der Waals surface area contributed by atoms with Crippen molar-refractivity contribution in [1.82, 2.24) is 9.55 Å². The van der Waals surface area contributed by atoms with Crippen LogP contribution in [0.5, 0.6) is 0 Å². The van der Waals surface area contributed by atoms with Gasteiger partial charge in [0.25, 0.3) is 0 Å². The number of halogens is 1. The standard InChI is InChI=1S/C12H11FN2OS/c1-15-7-6-14-12(15)10(16)8-17-11-5-3-2-4-9(11)13/h2-7H,8H2,1H3. The van der Waals surface area contributed by atoms with Crippen LogP contribution >= 0.6 is 11.8 Å². The van der Waals surface area contributed by atoms with Crippen LogP contribution in [0.4, 0.5) is 4.39 Å². The molecule has 1 aromatic carbocycles. The molecule has 0 aliphatic rings. The van der Waals surface area contributed by atoms with Gasteiger partial charge in [-0.1, -0.05) is 12.1 Å². The molecular weight excluding hydrogens is 239 g/mol. The fourth-order valence-electron chi connectivity index (χ4n) is 1.40. The summed E-state index contributed by atoms with van der Waals surface area (Å²) < 4.78 is 15.0. The van der Waals surface area contributed by atoms with Gasteiger partial charge in [0.15, 0.2) is 5.82 Å². The van der Waals surface area contributed by atoms with Crippen molar-refractivity contribution >= 4 is 17.5 Å². The minimum atomic E-state index is -0.301. The van der Waals surface area contributed by atoms with Gasteiger partial charge in [0, 0.05) is 24.3 Å². The molecule has 0 saturated heterocycles. The summed E-state index contributed by atoms with van der Waals surface area (Å²) in [6.45, 7) is 0. The molecule has 0 spiro atoms. The van der Waals surface area contributed by atoms with Crippen LogP contribution in [-0.2, 0) is 7.05 Å². The van der Waals surface area contributed by atoms with Crippen LogP contribution in [0, 0.1) is 5.82 Å². The first-order valence-electron chi connectivity index (χ1n) is 5.06. The third-order valence-corrected chi connectivity index (χ3v) is 3.31. The molecule has 0 unspecified atom stereocenters. The summed E-state index contributed by atoms with van der Waals surface area (Å²) in [5.74, 6) is 0.177. The highest BCUT2D eigenvalue weighted by Crippen LogP contribution is 2.21. The summed E-state index contributed by atoms with van der Waals surface area (Å²) >= 11 is 1.18. The minimum absolute atomic E-state index is 0.106. The van der Waals surface area contributed by atoms with Crippen LogP contribution in [-0.4, -0.2) is 21.1 Å². The Balaban J connectivity index is 2.02. The number of benzene rings is 1. The average Bonchev–Trinajstić information content (AvgIpc) is 2.74. The van der Waals surface area contributed by atoms with Crippen molar-refractivity contribution in [2.24, 2.45) is 7.05 Å². The number of thioether (sulfide) groups is 1. The third-order valence-electron chi connectivity index (χ3n) is 2.27. The molecule has 0 saturated carbocycles. The summed E-state index contributed by atoms with van der Waals surface area (Å²) in [5.41, 5.74) is 0. The second kappa shape index (κ2) is 5.14. The Morgan fingerprint density at radius 1 is 1.47 bits per heavy atom. The SMILES string of the molecule is Cn1ccnc1C(=O)CSc1ccccc1F. The minimum Gasteiger partial charge on any atom is -0.332 e. The number of Topliss-reactive ketones (excluding diaryl/α,β-unsaturated/α-hetero) is 1. The molecule has 0 aliphatic carbocycles. The number of rotatable bonds is 4. The van der Waals surface area contributed by atoms with Crippen molar-refractivity contribution in [2.75, 3.05) is 5.75 Å². The Labute approximate surface area is 103 Å². The number of aromatic nitrogens is 2. The highest BCUT2D eigenvalue weighted by molar-refractivity contribution is 8.00. The molecule has 2 aromatic rings. The van der Waals surface area contributed by atoms with E-state index in [4.69, 9.17) is 0 Å². The molecule has 1 heterocycles. The van der Waals surface area contributed by atoms with E-state index in [1.54, 1.807) is 42.2 Å². The van der Waals surface area contributed by atoms with Gasteiger partial charge in [0.2, 0.25) is 5.78 Å². The first kappa shape index (κ1) is 11.9. The van der Waals surface area contributed by atoms with Crippen molar-refractivity contribution in [1.29, 1.82) is 0 Å². The van der Waals surface area contributed by atoms with Crippen molar-refractivity contribution in [2.45, 2.75) is 4.90 Å². The third kappa shape index (κ3) is 2.74. The number of imidazole rings is 1. The van der Waals surface area contributed by atoms with E-state index in [0.29, 0.717) is 10.7 Å². The quantitative estimate of drug-likeness (QED) is 0.618. The summed E-state index contributed by atoms with van der Waals surface area (Å²) in [7, 11) is 1.76. The molecule has 0 amide bonds. The molecule has 1 aromatic heterocycles. The highest BCUT2D eigenvalue weighted by atomic mass is 32.2. The van der Waals surface area contributed by atoms with Crippen LogP contribution in [0.2, 0.25) is 0 Å². The van der Waals surface area contributed by atoms with Gasteiger partial charge in [-0.15, -0.1) is 11.8 Å². The molecule has 2 rings (SSSR count). The molecular formula is C12H11FN2OS. The number of hydrogen-bond acceptors (Lipinski definition) is 3. The van der Waals surface area contributed by atoms with Crippen LogP contribution in [0.25, 0.3) is 0 Å². The zero-order chi connectivity index (χ0) is 12.3. The number of nitrogens with zero attached hydrogens (tertiary/aromatic N) is 2. The molecule has 17 heavy (non-hydrogen) atoms. The number of hydrogen-bond donors (Lipinski definition) is 0. The van der Waals surface area contributed by atoms with Crippen molar-refractivity contribution in [3.63, 3.8) is 0 Å². The van der Waals surface area contributed by atoms with E-state index in [-0.39, 0.29) is 17.4 Å². The molecule has 0 atom stereocenters. The van der Waals surface area contributed by atoms with E-state index < -0.39 is 0 Å². The average molecular weight is 250 g/mol. The molecule has 0 bridgehead atoms. The Bertz CT molecular complexity index is 539. The molecule has 88 valence electrons. The van der Waals surface area contributed by atoms with Crippen molar-refractivity contribution < 1.29 is 9.18 Å². The van der Waals surface area contributed by atoms with Crippen molar-refractivity contribution in [3.8, 4) is 0 Å². The largest absolute Gasteiger partial charge is 0.332 e. The van der Waals surface area contributed by atoms with E-state index in [0.717, 1.165) is 0 Å². The van der Waals surface area contributed by atoms with Crippen LogP contribution in [0.15, 0.2) is 41.6 Å². The normalized spacial score (nSPS) is 10.5. The van der Waals surface area contributed by atoms with Crippen molar-refractivity contribution in [3.05, 3.63) is 48.3 Å². The van der Waals surface area contributed by atoms with Gasteiger partial charge in [-0.05, 0) is 12.1 Å². The fraction of sp³-hybridized carbons (Fsp3) is 0.167. The number of aryl methyl sites for hydroxylation is 1. The smallest absolute Gasteiger partial charge is 0.208 e. The van der Waals surface area contributed by atoms with E-state index >= 15 is 0 Å². The Morgan fingerprint density at radius 2 is 2.24 bits per heavy atom. The molecule has 0 fully saturated rings. The first-order chi connectivity index (χ1) is 8.18. The lowest BCUT2D eigenvalue weighted by Crippen LogP contribution is -2.09. The zero-order valence-electron chi connectivity index (χ0n) is 9.26. The monoisotopic (exact) mass is 250 g/mol. The molecule has 0 N–H and O–H groups in total. The van der Waals surface area contributed by atoms with E-state index in [9.17, 15) is 9.18 Å². The van der Waals surface area contributed by atoms with Gasteiger partial charge in [0.1, 0.15) is 5.82 Å². The van der Waals surface area contributed by atoms with E-state index in [2.05, 4.69) is 4.98 Å². The topological polar surface area (TPSA) is 34.9 Å². The maximum atomic E-state index is 13.3. The predicted molar refractivity (Wildman–Crippen MR) is 64.7 cm³/mol. The molecule has 0 radical (unpaired) electrons. The lowest BCUT2D eigenvalue weighted by molar-refractivity contribution is 0.101. The Morgan fingerprint density at radius 3 is 2.88 bits per heavy atom. The predicted octanol–water partition coefficient (Wildman–Crippen LogP) is 2.53. The number of carbonyl (C=O) groups excluding carboxylic acids is 1. The lowest BCUT2D eigenvalue weighted by Gasteiger charge is -2.02. The van der Waals surface area contributed by atoms with Crippen LogP contribution in [0.1, 0.15) is 10.6 Å². The summed E-state index contributed by atoms with van der Waals surface area (Å²) in [6.07, 6.45) is 3.28. The molecule has 3 nitrogen and oxygen atoms in total. The second-order valence-electron chi connectivity index (χ2n) is 3.50. The van der Waals surface area contributed by atoms with Gasteiger partial charge < -0.3 is 4.57 Å². The van der Waals surface area contributed by atoms with Gasteiger partial charge >= 0.3 is 0 Å². The van der Waals surface area contributed by atoms with Gasteiger partial charge in [-0.3, -0.25) is 4.79 Å². The first-order valence-corrected chi connectivity index (χ1v) is 6.05. The Hall–Kier alpha value is -1.62. The zero-order valence-corrected chi connectivity index (χ0v) is 10.1. The lowest BCUT2D eigenvalue weighted by atomic mass is 10.3. The van der Waals surface area contributed by atoms with Gasteiger partial charge in [-0.2, -0.15) is 0 Å². The van der Waals surface area contributed by atoms with E-state index in [1.165, 1.54) is 17.8 Å². The fourth-order valence-corrected chi connectivity index (χ4v) is 2.20. The van der Waals surface area contributed by atoms with Gasteiger partial charge in [-0.25, -0.2) is 9.37 Å². The van der Waals surface area contributed by atoms with Crippen LogP contribution in [0.3, 0.4) is 0 Å². The Kier molecular flexibility index (Phi) is 3.58. The highest BCUT2D eigenvalue weighted by Gasteiger charge is 2.12. The summed E-state index contributed by atoms with van der Waals surface area (Å²) in [6, 6.07) is 6.41. The van der Waals surface area contributed by atoms with Crippen LogP contribution < -0.4 is 0 Å². The summed E-state index contributed by atoms with van der Waals surface area (Å²) in [5, 5.41) is 0. The maximum Gasteiger partial charge on any atom is 0.208 e. The number of ketones is 1. The summed E-state index contributed by atoms with van der Waals surface area (Å²) in [4.78, 5) is 16.2. The van der Waals surface area contributed by atoms with Gasteiger partial charge in [0.05, 0.1) is 5.75 Å². The number of carbonyl (C=O) groups is 1. The maximum absolute atomic E-state index is 13.3. The molecule has 0 aliphatic heterocycles. The molecule has 5 heteroatoms. The van der Waals surface area contributed by atoms with E-state index in [1.807, 2.05) is 0 Å². The second-order valence-corrected chi connectivity index (χ2v) is 4.52.